The highest BCUT2D eigenvalue weighted by atomic mass is 127. The summed E-state index contributed by atoms with van der Waals surface area (Å²) in [6.07, 6.45) is -15.3. The lowest BCUT2D eigenvalue weighted by Crippen LogP contribution is -2.66. The number of carbonyl (C=O) groups is 1. The lowest BCUT2D eigenvalue weighted by atomic mass is 9.96. The van der Waals surface area contributed by atoms with Crippen molar-refractivity contribution in [3.8, 4) is 0 Å². The second kappa shape index (κ2) is 16.2. The zero-order chi connectivity index (χ0) is 35.5. The molecule has 0 aliphatic carbocycles. The number of benzene rings is 3. The summed E-state index contributed by atoms with van der Waals surface area (Å²) in [7, 11) is 0. The van der Waals surface area contributed by atoms with Gasteiger partial charge < -0.3 is 53.6 Å². The number of aliphatic hydroxyl groups excluding tert-OH is 4. The molecular formula is C33H33ClINO14. The number of nitrogens with zero attached hydrogens (tertiary/aromatic N) is 1. The number of fused-ring (bicyclic) bond motifs is 1. The fourth-order valence-electron chi connectivity index (χ4n) is 5.79. The van der Waals surface area contributed by atoms with Gasteiger partial charge in [-0.3, -0.25) is 10.1 Å². The minimum Gasteiger partial charge on any atom is -0.459 e. The molecule has 0 bridgehead atoms. The lowest BCUT2D eigenvalue weighted by molar-refractivity contribution is -0.386. The van der Waals surface area contributed by atoms with E-state index in [0.717, 1.165) is 3.57 Å². The van der Waals surface area contributed by atoms with E-state index in [1.165, 1.54) is 18.2 Å². The molecule has 3 aromatic rings. The molecule has 0 saturated carbocycles. The minimum absolute atomic E-state index is 0.0318. The number of hydrogen-bond donors (Lipinski definition) is 4. The smallest absolute Gasteiger partial charge is 0.338 e. The molecule has 3 aliphatic heterocycles. The normalized spacial score (nSPS) is 32.6. The lowest BCUT2D eigenvalue weighted by Gasteiger charge is -2.48. The van der Waals surface area contributed by atoms with Gasteiger partial charge in [0.1, 0.15) is 60.5 Å². The molecule has 0 spiro atoms. The number of esters is 1. The molecular weight excluding hydrogens is 797 g/mol. The summed E-state index contributed by atoms with van der Waals surface area (Å²) in [5.41, 5.74) is 0.914. The first-order valence-electron chi connectivity index (χ1n) is 15.5. The molecule has 4 N–H and O–H groups in total. The van der Waals surface area contributed by atoms with Crippen molar-refractivity contribution in [3.63, 3.8) is 0 Å². The fourth-order valence-corrected chi connectivity index (χ4v) is 6.52. The quantitative estimate of drug-likeness (QED) is 0.100. The SMILES string of the molecule is O=C(OC[C@H]1O[C@@H](OCc2ccc(Cl)c([N+](=O)[O-])c2)[C@H](O)[C@@H](O)[C@@H]1O[C@H]1O[C@@H]2COC(c3ccccc3)O[C@H]2[C@H](O)[C@H]1O)c1cccc(I)c1. The van der Waals surface area contributed by atoms with Crippen LogP contribution in [0, 0.1) is 13.7 Å². The van der Waals surface area contributed by atoms with Gasteiger partial charge in [0, 0.05) is 15.2 Å². The monoisotopic (exact) mass is 829 g/mol. The Balaban J connectivity index is 1.17. The third-order valence-electron chi connectivity index (χ3n) is 8.40. The van der Waals surface area contributed by atoms with Crippen molar-refractivity contribution in [1.29, 1.82) is 0 Å². The molecule has 3 saturated heterocycles. The molecule has 3 aliphatic rings. The summed E-state index contributed by atoms with van der Waals surface area (Å²) in [6.45, 7) is -0.833. The first-order chi connectivity index (χ1) is 24.0. The Hall–Kier alpha value is -2.85. The summed E-state index contributed by atoms with van der Waals surface area (Å²) in [5.74, 6) is -0.714. The Kier molecular flexibility index (Phi) is 12.0. The molecule has 17 heteroatoms. The highest BCUT2D eigenvalue weighted by Crippen LogP contribution is 2.36. The molecule has 15 nitrogen and oxygen atoms in total. The van der Waals surface area contributed by atoms with Crippen LogP contribution >= 0.6 is 34.2 Å². The standard InChI is InChI=1S/C33H33ClINO14/c34-20-10-9-16(11-21(20)36(42)43)13-45-32-26(39)24(37)29(22(47-32)14-44-30(41)18-7-4-8-19(35)12-18)50-33-27(40)25(38)28-23(48-33)15-46-31(49-28)17-5-2-1-3-6-17/h1-12,22-29,31-33,37-40H,13-15H2/t22-,23-,24-,25-,26-,27-,28-,29-,31?,32-,33-/m1/s1. The van der Waals surface area contributed by atoms with E-state index in [4.69, 9.17) is 44.8 Å². The van der Waals surface area contributed by atoms with Crippen molar-refractivity contribution in [2.24, 2.45) is 0 Å². The zero-order valence-electron chi connectivity index (χ0n) is 26.0. The molecule has 6 rings (SSSR count). The van der Waals surface area contributed by atoms with Gasteiger partial charge in [0.15, 0.2) is 18.9 Å². The van der Waals surface area contributed by atoms with Crippen LogP contribution in [-0.4, -0.2) is 106 Å². The highest BCUT2D eigenvalue weighted by Gasteiger charge is 2.53. The van der Waals surface area contributed by atoms with Crippen LogP contribution in [0.1, 0.15) is 27.8 Å². The van der Waals surface area contributed by atoms with E-state index in [2.05, 4.69) is 0 Å². The van der Waals surface area contributed by atoms with Crippen molar-refractivity contribution in [3.05, 3.63) is 108 Å². The maximum Gasteiger partial charge on any atom is 0.338 e. The third kappa shape index (κ3) is 8.27. The van der Waals surface area contributed by atoms with Crippen LogP contribution in [0.2, 0.25) is 5.02 Å². The summed E-state index contributed by atoms with van der Waals surface area (Å²) in [5, 5.41) is 55.7. The van der Waals surface area contributed by atoms with Gasteiger partial charge in [-0.15, -0.1) is 0 Å². The summed E-state index contributed by atoms with van der Waals surface area (Å²) in [6, 6.07) is 19.6. The molecule has 1 unspecified atom stereocenters. The van der Waals surface area contributed by atoms with Crippen LogP contribution in [0.3, 0.4) is 0 Å². The van der Waals surface area contributed by atoms with E-state index >= 15 is 0 Å². The largest absolute Gasteiger partial charge is 0.459 e. The Morgan fingerprint density at radius 2 is 1.68 bits per heavy atom. The second-order valence-electron chi connectivity index (χ2n) is 11.8. The number of rotatable bonds is 10. The summed E-state index contributed by atoms with van der Waals surface area (Å²) in [4.78, 5) is 23.6. The van der Waals surface area contributed by atoms with Crippen LogP contribution in [0.15, 0.2) is 72.8 Å². The van der Waals surface area contributed by atoms with E-state index in [1.807, 2.05) is 28.7 Å². The predicted molar refractivity (Wildman–Crippen MR) is 179 cm³/mol. The second-order valence-corrected chi connectivity index (χ2v) is 13.4. The van der Waals surface area contributed by atoms with Crippen LogP contribution in [0.5, 0.6) is 0 Å². The van der Waals surface area contributed by atoms with Gasteiger partial charge in [-0.1, -0.05) is 54.1 Å². The number of nitro groups is 1. The average Bonchev–Trinajstić information content (AvgIpc) is 3.12. The number of aliphatic hydroxyl groups is 4. The van der Waals surface area contributed by atoms with Crippen LogP contribution in [0.4, 0.5) is 5.69 Å². The molecule has 3 aromatic carbocycles. The van der Waals surface area contributed by atoms with Crippen molar-refractivity contribution >= 4 is 45.8 Å². The van der Waals surface area contributed by atoms with Gasteiger partial charge in [-0.25, -0.2) is 4.79 Å². The van der Waals surface area contributed by atoms with Crippen molar-refractivity contribution in [2.75, 3.05) is 13.2 Å². The number of carbonyl (C=O) groups excluding carboxylic acids is 1. The summed E-state index contributed by atoms with van der Waals surface area (Å²) < 4.78 is 41.6. The van der Waals surface area contributed by atoms with Gasteiger partial charge in [0.2, 0.25) is 0 Å². The minimum atomic E-state index is -1.76. The van der Waals surface area contributed by atoms with E-state index in [9.17, 15) is 35.3 Å². The van der Waals surface area contributed by atoms with Crippen molar-refractivity contribution in [1.82, 2.24) is 0 Å². The maximum atomic E-state index is 12.9. The predicted octanol–water partition coefficient (Wildman–Crippen LogP) is 2.62. The average molecular weight is 830 g/mol. The molecule has 3 heterocycles. The van der Waals surface area contributed by atoms with E-state index in [0.29, 0.717) is 11.1 Å². The van der Waals surface area contributed by atoms with E-state index < -0.39 is 85.2 Å². The van der Waals surface area contributed by atoms with E-state index in [-0.39, 0.29) is 29.5 Å². The molecule has 268 valence electrons. The number of ether oxygens (including phenoxy) is 7. The number of nitro benzene ring substituents is 1. The van der Waals surface area contributed by atoms with Gasteiger partial charge in [-0.05, 0) is 52.4 Å². The topological polar surface area (TPSA) is 206 Å². The third-order valence-corrected chi connectivity index (χ3v) is 9.39. The molecule has 11 atom stereocenters. The Labute approximate surface area is 303 Å². The van der Waals surface area contributed by atoms with E-state index in [1.54, 1.807) is 48.5 Å². The summed E-state index contributed by atoms with van der Waals surface area (Å²) >= 11 is 7.95. The molecule has 0 aromatic heterocycles. The molecule has 3 fully saturated rings. The van der Waals surface area contributed by atoms with Gasteiger partial charge >= 0.3 is 5.97 Å². The van der Waals surface area contributed by atoms with Gasteiger partial charge in [0.05, 0.1) is 23.7 Å². The van der Waals surface area contributed by atoms with Crippen LogP contribution in [-0.2, 0) is 39.8 Å². The Morgan fingerprint density at radius 1 is 0.920 bits per heavy atom. The number of hydrogen-bond acceptors (Lipinski definition) is 14. The first kappa shape index (κ1) is 36.9. The first-order valence-corrected chi connectivity index (χ1v) is 16.9. The Bertz CT molecular complexity index is 1650. The van der Waals surface area contributed by atoms with Crippen molar-refractivity contribution < 1.29 is 63.3 Å². The van der Waals surface area contributed by atoms with Crippen molar-refractivity contribution in [2.45, 2.75) is 74.3 Å². The zero-order valence-corrected chi connectivity index (χ0v) is 28.9. The molecule has 0 amide bonds. The van der Waals surface area contributed by atoms with Gasteiger partial charge in [0.25, 0.3) is 5.69 Å². The molecule has 50 heavy (non-hydrogen) atoms. The maximum absolute atomic E-state index is 12.9. The molecule has 0 radical (unpaired) electrons. The van der Waals surface area contributed by atoms with Crippen LogP contribution < -0.4 is 0 Å². The highest BCUT2D eigenvalue weighted by molar-refractivity contribution is 14.1. The van der Waals surface area contributed by atoms with Gasteiger partial charge in [-0.2, -0.15) is 0 Å². The Morgan fingerprint density at radius 3 is 2.42 bits per heavy atom. The van der Waals surface area contributed by atoms with Crippen LogP contribution in [0.25, 0.3) is 0 Å². The fraction of sp³-hybridized carbons (Fsp3) is 0.424. The number of halogens is 2.